The number of hydrogen-bond donors (Lipinski definition) is 2. The third kappa shape index (κ3) is 5.00. The smallest absolute Gasteiger partial charge is 0.409 e. The Morgan fingerprint density at radius 3 is 2.68 bits per heavy atom. The fourth-order valence-corrected chi connectivity index (χ4v) is 3.20. The van der Waals surface area contributed by atoms with Crippen LogP contribution in [-0.4, -0.2) is 47.6 Å². The highest BCUT2D eigenvalue weighted by Gasteiger charge is 2.23. The zero-order chi connectivity index (χ0) is 19.9. The van der Waals surface area contributed by atoms with E-state index in [0.717, 1.165) is 29.8 Å². The van der Waals surface area contributed by atoms with Crippen molar-refractivity contribution < 1.29 is 14.3 Å². The van der Waals surface area contributed by atoms with Crippen LogP contribution in [0.25, 0.3) is 0 Å². The van der Waals surface area contributed by atoms with Crippen LogP contribution in [0.2, 0.25) is 0 Å². The molecule has 0 atom stereocenters. The molecule has 2 heterocycles. The Bertz CT molecular complexity index is 832. The van der Waals surface area contributed by atoms with Gasteiger partial charge < -0.3 is 20.3 Å². The number of anilines is 2. The second-order valence-corrected chi connectivity index (χ2v) is 6.80. The van der Waals surface area contributed by atoms with E-state index in [4.69, 9.17) is 4.74 Å². The van der Waals surface area contributed by atoms with E-state index in [1.807, 2.05) is 44.2 Å². The number of carbonyl (C=O) groups excluding carboxylic acids is 2. The van der Waals surface area contributed by atoms with E-state index in [9.17, 15) is 9.59 Å². The summed E-state index contributed by atoms with van der Waals surface area (Å²) < 4.78 is 5.05. The van der Waals surface area contributed by atoms with Crippen LogP contribution in [-0.2, 0) is 4.74 Å². The van der Waals surface area contributed by atoms with Gasteiger partial charge in [0, 0.05) is 36.7 Å². The number of amides is 2. The lowest BCUT2D eigenvalue weighted by Gasteiger charge is -2.32. The van der Waals surface area contributed by atoms with E-state index in [1.165, 1.54) is 0 Å². The van der Waals surface area contributed by atoms with Gasteiger partial charge in [-0.1, -0.05) is 18.2 Å². The summed E-state index contributed by atoms with van der Waals surface area (Å²) in [6.45, 7) is 5.46. The molecule has 1 aromatic carbocycles. The van der Waals surface area contributed by atoms with Crippen molar-refractivity contribution in [2.75, 3.05) is 30.3 Å². The number of piperidine rings is 1. The van der Waals surface area contributed by atoms with Crippen LogP contribution in [0.3, 0.4) is 0 Å². The zero-order valence-electron chi connectivity index (χ0n) is 16.3. The highest BCUT2D eigenvalue weighted by molar-refractivity contribution is 6.03. The molecule has 1 aliphatic rings. The van der Waals surface area contributed by atoms with Gasteiger partial charge in [-0.25, -0.2) is 4.79 Å². The lowest BCUT2D eigenvalue weighted by molar-refractivity contribution is 0.0981. The molecule has 1 fully saturated rings. The summed E-state index contributed by atoms with van der Waals surface area (Å²) in [5.41, 5.74) is 2.98. The SMILES string of the molecule is CCOC(=O)N1CCC(Nc2ccnc(C(=O)Nc3ccccc3C)c2)CC1. The second kappa shape index (κ2) is 9.21. The van der Waals surface area contributed by atoms with Crippen LogP contribution in [0.1, 0.15) is 35.8 Å². The van der Waals surface area contributed by atoms with Crippen LogP contribution in [0.15, 0.2) is 42.6 Å². The third-order valence-electron chi connectivity index (χ3n) is 4.78. The summed E-state index contributed by atoms with van der Waals surface area (Å²) in [6.07, 6.45) is 3.03. The summed E-state index contributed by atoms with van der Waals surface area (Å²) in [5.74, 6) is -0.241. The van der Waals surface area contributed by atoms with E-state index in [2.05, 4.69) is 15.6 Å². The van der Waals surface area contributed by atoms with E-state index in [1.54, 1.807) is 17.2 Å². The lowest BCUT2D eigenvalue weighted by atomic mass is 10.1. The molecule has 3 rings (SSSR count). The molecule has 1 aliphatic heterocycles. The third-order valence-corrected chi connectivity index (χ3v) is 4.78. The molecule has 1 saturated heterocycles. The quantitative estimate of drug-likeness (QED) is 0.824. The predicted octanol–water partition coefficient (Wildman–Crippen LogP) is 3.68. The minimum atomic E-state index is -0.250. The van der Waals surface area contributed by atoms with Crippen LogP contribution in [0.5, 0.6) is 0 Å². The Balaban J connectivity index is 1.57. The highest BCUT2D eigenvalue weighted by atomic mass is 16.6. The minimum Gasteiger partial charge on any atom is -0.450 e. The van der Waals surface area contributed by atoms with Crippen molar-refractivity contribution in [3.63, 3.8) is 0 Å². The molecule has 0 unspecified atom stereocenters. The van der Waals surface area contributed by atoms with Gasteiger partial charge in [0.1, 0.15) is 5.69 Å². The van der Waals surface area contributed by atoms with Crippen molar-refractivity contribution in [1.82, 2.24) is 9.88 Å². The van der Waals surface area contributed by atoms with E-state index < -0.39 is 0 Å². The van der Waals surface area contributed by atoms with Crippen LogP contribution < -0.4 is 10.6 Å². The van der Waals surface area contributed by atoms with Crippen molar-refractivity contribution in [1.29, 1.82) is 0 Å². The van der Waals surface area contributed by atoms with E-state index >= 15 is 0 Å². The van der Waals surface area contributed by atoms with Gasteiger partial charge in [-0.2, -0.15) is 0 Å². The molecule has 2 N–H and O–H groups in total. The number of aryl methyl sites for hydroxylation is 1. The first-order valence-corrected chi connectivity index (χ1v) is 9.58. The first kappa shape index (κ1) is 19.7. The summed E-state index contributed by atoms with van der Waals surface area (Å²) in [7, 11) is 0. The average Bonchev–Trinajstić information content (AvgIpc) is 2.70. The maximum atomic E-state index is 12.5. The summed E-state index contributed by atoms with van der Waals surface area (Å²) in [6, 6.07) is 11.5. The molecule has 148 valence electrons. The summed E-state index contributed by atoms with van der Waals surface area (Å²) in [4.78, 5) is 30.2. The normalized spacial score (nSPS) is 14.4. The largest absolute Gasteiger partial charge is 0.450 e. The molecule has 0 radical (unpaired) electrons. The monoisotopic (exact) mass is 382 g/mol. The number of nitrogens with zero attached hydrogens (tertiary/aromatic N) is 2. The van der Waals surface area contributed by atoms with Gasteiger partial charge >= 0.3 is 6.09 Å². The molecule has 7 heteroatoms. The van der Waals surface area contributed by atoms with E-state index in [-0.39, 0.29) is 18.0 Å². The predicted molar refractivity (Wildman–Crippen MR) is 109 cm³/mol. The van der Waals surface area contributed by atoms with Crippen molar-refractivity contribution in [2.45, 2.75) is 32.7 Å². The number of nitrogens with one attached hydrogen (secondary N) is 2. The molecular weight excluding hydrogens is 356 g/mol. The second-order valence-electron chi connectivity index (χ2n) is 6.80. The number of likely N-dealkylation sites (tertiary alicyclic amines) is 1. The standard InChI is InChI=1S/C21H26N4O3/c1-3-28-21(27)25-12-9-16(10-13-25)23-17-8-11-22-19(14-17)20(26)24-18-7-5-4-6-15(18)2/h4-8,11,14,16H,3,9-10,12-13H2,1-2H3,(H,22,23)(H,24,26). The molecule has 2 amide bonds. The number of ether oxygens (including phenoxy) is 1. The highest BCUT2D eigenvalue weighted by Crippen LogP contribution is 2.19. The molecule has 0 saturated carbocycles. The van der Waals surface area contributed by atoms with Gasteiger partial charge in [0.25, 0.3) is 5.91 Å². The topological polar surface area (TPSA) is 83.6 Å². The number of benzene rings is 1. The maximum Gasteiger partial charge on any atom is 0.409 e. The van der Waals surface area contributed by atoms with Crippen LogP contribution in [0.4, 0.5) is 16.2 Å². The summed E-state index contributed by atoms with van der Waals surface area (Å²) >= 11 is 0. The first-order chi connectivity index (χ1) is 13.6. The number of aromatic nitrogens is 1. The van der Waals surface area contributed by atoms with Gasteiger partial charge in [-0.15, -0.1) is 0 Å². The maximum absolute atomic E-state index is 12.5. The van der Waals surface area contributed by atoms with Crippen molar-refractivity contribution >= 4 is 23.4 Å². The molecular formula is C21H26N4O3. The molecule has 28 heavy (non-hydrogen) atoms. The number of rotatable bonds is 5. The molecule has 0 bridgehead atoms. The van der Waals surface area contributed by atoms with Gasteiger partial charge in [0.15, 0.2) is 0 Å². The van der Waals surface area contributed by atoms with Crippen molar-refractivity contribution in [3.8, 4) is 0 Å². The number of hydrogen-bond acceptors (Lipinski definition) is 5. The Kier molecular flexibility index (Phi) is 6.47. The molecule has 0 aliphatic carbocycles. The zero-order valence-corrected chi connectivity index (χ0v) is 16.3. The lowest BCUT2D eigenvalue weighted by Crippen LogP contribution is -2.42. The van der Waals surface area contributed by atoms with E-state index in [0.29, 0.717) is 25.4 Å². The minimum absolute atomic E-state index is 0.236. The molecule has 1 aromatic heterocycles. The van der Waals surface area contributed by atoms with Gasteiger partial charge in [0.2, 0.25) is 0 Å². The fourth-order valence-electron chi connectivity index (χ4n) is 3.20. The average molecular weight is 382 g/mol. The molecule has 2 aromatic rings. The Morgan fingerprint density at radius 1 is 1.21 bits per heavy atom. The van der Waals surface area contributed by atoms with Crippen LogP contribution in [0, 0.1) is 6.92 Å². The van der Waals surface area contributed by atoms with Gasteiger partial charge in [-0.3, -0.25) is 9.78 Å². The van der Waals surface area contributed by atoms with Crippen molar-refractivity contribution in [3.05, 3.63) is 53.9 Å². The first-order valence-electron chi connectivity index (χ1n) is 9.58. The number of pyridine rings is 1. The van der Waals surface area contributed by atoms with Crippen LogP contribution >= 0.6 is 0 Å². The Morgan fingerprint density at radius 2 is 1.96 bits per heavy atom. The molecule has 7 nitrogen and oxygen atoms in total. The Hall–Kier alpha value is -3.09. The number of carbonyl (C=O) groups is 2. The number of para-hydroxylation sites is 1. The van der Waals surface area contributed by atoms with Crippen molar-refractivity contribution in [2.24, 2.45) is 0 Å². The van der Waals surface area contributed by atoms with Gasteiger partial charge in [-0.05, 0) is 50.5 Å². The molecule has 0 spiro atoms. The van der Waals surface area contributed by atoms with Gasteiger partial charge in [0.05, 0.1) is 6.61 Å². The summed E-state index contributed by atoms with van der Waals surface area (Å²) in [5, 5.41) is 6.34. The fraction of sp³-hybridized carbons (Fsp3) is 0.381. The Labute approximate surface area is 165 Å².